The van der Waals surface area contributed by atoms with Crippen molar-refractivity contribution in [1.82, 2.24) is 0 Å². The van der Waals surface area contributed by atoms with Gasteiger partial charge in [0, 0.05) is 6.08 Å². The second kappa shape index (κ2) is 5.44. The summed E-state index contributed by atoms with van der Waals surface area (Å²) in [7, 11) is 1.47. The first-order valence-corrected chi connectivity index (χ1v) is 6.61. The molecule has 0 aromatic heterocycles. The fourth-order valence-corrected chi connectivity index (χ4v) is 2.35. The van der Waals surface area contributed by atoms with Crippen molar-refractivity contribution in [2.24, 2.45) is 0 Å². The molecule has 110 valence electrons. The standard InChI is InChI=1S/C17H12FNO3/c1-22-15-5-3-2-4-14(15)19-16(20)10-13(17(19)21)11-6-8-12(18)9-7-11/h2-10H,1H3. The van der Waals surface area contributed by atoms with Crippen molar-refractivity contribution in [3.05, 3.63) is 66.0 Å². The predicted octanol–water partition coefficient (Wildman–Crippen LogP) is 2.79. The molecule has 1 aliphatic heterocycles. The number of carbonyl (C=O) groups is 2. The van der Waals surface area contributed by atoms with Gasteiger partial charge in [0.25, 0.3) is 11.8 Å². The van der Waals surface area contributed by atoms with E-state index in [2.05, 4.69) is 0 Å². The Hall–Kier alpha value is -2.95. The number of anilines is 1. The van der Waals surface area contributed by atoms with Crippen molar-refractivity contribution in [1.29, 1.82) is 0 Å². The lowest BCUT2D eigenvalue weighted by atomic mass is 10.1. The molecule has 22 heavy (non-hydrogen) atoms. The molecule has 0 unspecified atom stereocenters. The lowest BCUT2D eigenvalue weighted by Crippen LogP contribution is -2.30. The van der Waals surface area contributed by atoms with Crippen LogP contribution in [0.2, 0.25) is 0 Å². The van der Waals surface area contributed by atoms with Crippen LogP contribution in [0.25, 0.3) is 5.57 Å². The van der Waals surface area contributed by atoms with Crippen LogP contribution in [0.1, 0.15) is 5.56 Å². The van der Waals surface area contributed by atoms with Crippen LogP contribution in [0.15, 0.2) is 54.6 Å². The van der Waals surface area contributed by atoms with E-state index in [0.717, 1.165) is 4.90 Å². The summed E-state index contributed by atoms with van der Waals surface area (Å²) in [5.74, 6) is -0.879. The maximum Gasteiger partial charge on any atom is 0.266 e. The average molecular weight is 297 g/mol. The van der Waals surface area contributed by atoms with Gasteiger partial charge in [0.15, 0.2) is 0 Å². The fraction of sp³-hybridized carbons (Fsp3) is 0.0588. The zero-order valence-corrected chi connectivity index (χ0v) is 11.7. The van der Waals surface area contributed by atoms with Crippen LogP contribution in [0.4, 0.5) is 10.1 Å². The highest BCUT2D eigenvalue weighted by molar-refractivity contribution is 6.43. The van der Waals surface area contributed by atoms with Gasteiger partial charge in [-0.2, -0.15) is 0 Å². The van der Waals surface area contributed by atoms with E-state index in [9.17, 15) is 14.0 Å². The molecule has 2 amide bonds. The lowest BCUT2D eigenvalue weighted by Gasteiger charge is -2.17. The second-order valence-electron chi connectivity index (χ2n) is 4.72. The van der Waals surface area contributed by atoms with Gasteiger partial charge in [0.05, 0.1) is 18.4 Å². The van der Waals surface area contributed by atoms with Crippen molar-refractivity contribution >= 4 is 23.1 Å². The first-order chi connectivity index (χ1) is 10.6. The molecule has 0 saturated carbocycles. The van der Waals surface area contributed by atoms with Gasteiger partial charge in [-0.15, -0.1) is 0 Å². The van der Waals surface area contributed by atoms with E-state index in [1.807, 2.05) is 0 Å². The van der Waals surface area contributed by atoms with Crippen molar-refractivity contribution in [2.45, 2.75) is 0 Å². The van der Waals surface area contributed by atoms with Gasteiger partial charge in [-0.25, -0.2) is 9.29 Å². The first kappa shape index (κ1) is 14.0. The van der Waals surface area contributed by atoms with Crippen molar-refractivity contribution in [3.8, 4) is 5.75 Å². The average Bonchev–Trinajstić information content (AvgIpc) is 2.83. The lowest BCUT2D eigenvalue weighted by molar-refractivity contribution is -0.119. The molecule has 1 heterocycles. The van der Waals surface area contributed by atoms with Gasteiger partial charge >= 0.3 is 0 Å². The van der Waals surface area contributed by atoms with E-state index in [1.54, 1.807) is 24.3 Å². The number of para-hydroxylation sites is 2. The highest BCUT2D eigenvalue weighted by Crippen LogP contribution is 2.34. The Morgan fingerprint density at radius 2 is 1.68 bits per heavy atom. The number of benzene rings is 2. The van der Waals surface area contributed by atoms with Crippen LogP contribution >= 0.6 is 0 Å². The van der Waals surface area contributed by atoms with E-state index < -0.39 is 17.6 Å². The molecule has 0 aliphatic carbocycles. The van der Waals surface area contributed by atoms with Crippen LogP contribution in [0.3, 0.4) is 0 Å². The van der Waals surface area contributed by atoms with Gasteiger partial charge < -0.3 is 4.74 Å². The molecule has 2 aromatic carbocycles. The number of nitrogens with zero attached hydrogens (tertiary/aromatic N) is 1. The Kier molecular flexibility index (Phi) is 3.47. The van der Waals surface area contributed by atoms with Crippen molar-refractivity contribution in [3.63, 3.8) is 0 Å². The molecule has 0 saturated heterocycles. The quantitative estimate of drug-likeness (QED) is 0.818. The largest absolute Gasteiger partial charge is 0.495 e. The van der Waals surface area contributed by atoms with Gasteiger partial charge in [0.1, 0.15) is 11.6 Å². The SMILES string of the molecule is COc1ccccc1N1C(=O)C=C(c2ccc(F)cc2)C1=O. The van der Waals surface area contributed by atoms with E-state index in [1.165, 1.54) is 37.5 Å². The van der Waals surface area contributed by atoms with Gasteiger partial charge in [-0.05, 0) is 29.8 Å². The minimum Gasteiger partial charge on any atom is -0.495 e. The number of hydrogen-bond acceptors (Lipinski definition) is 3. The van der Waals surface area contributed by atoms with E-state index in [-0.39, 0.29) is 5.57 Å². The minimum atomic E-state index is -0.457. The summed E-state index contributed by atoms with van der Waals surface area (Å²) in [6, 6.07) is 12.2. The topological polar surface area (TPSA) is 46.6 Å². The number of imide groups is 1. The molecule has 0 radical (unpaired) electrons. The zero-order chi connectivity index (χ0) is 15.7. The molecule has 3 rings (SSSR count). The maximum atomic E-state index is 13.0. The Morgan fingerprint density at radius 3 is 2.36 bits per heavy atom. The van der Waals surface area contributed by atoms with E-state index in [4.69, 9.17) is 4.74 Å². The smallest absolute Gasteiger partial charge is 0.266 e. The monoisotopic (exact) mass is 297 g/mol. The van der Waals surface area contributed by atoms with Crippen LogP contribution in [0.5, 0.6) is 5.75 Å². The maximum absolute atomic E-state index is 13.0. The summed E-state index contributed by atoms with van der Waals surface area (Å²) >= 11 is 0. The molecule has 0 bridgehead atoms. The molecule has 0 atom stereocenters. The van der Waals surface area contributed by atoms with Crippen LogP contribution in [-0.4, -0.2) is 18.9 Å². The molecular weight excluding hydrogens is 285 g/mol. The number of halogens is 1. The fourth-order valence-electron chi connectivity index (χ4n) is 2.35. The first-order valence-electron chi connectivity index (χ1n) is 6.61. The highest BCUT2D eigenvalue weighted by Gasteiger charge is 2.34. The summed E-state index contributed by atoms with van der Waals surface area (Å²) in [5, 5.41) is 0. The van der Waals surface area contributed by atoms with E-state index in [0.29, 0.717) is 17.0 Å². The van der Waals surface area contributed by atoms with Gasteiger partial charge in [-0.3, -0.25) is 9.59 Å². The van der Waals surface area contributed by atoms with Crippen molar-refractivity contribution in [2.75, 3.05) is 12.0 Å². The minimum absolute atomic E-state index is 0.232. The molecule has 4 nitrogen and oxygen atoms in total. The summed E-state index contributed by atoms with van der Waals surface area (Å²) in [6.07, 6.45) is 1.25. The van der Waals surface area contributed by atoms with Crippen molar-refractivity contribution < 1.29 is 18.7 Å². The highest BCUT2D eigenvalue weighted by atomic mass is 19.1. The number of amides is 2. The third-order valence-corrected chi connectivity index (χ3v) is 3.40. The Labute approximate surface area is 126 Å². The Balaban J connectivity index is 2.00. The summed E-state index contributed by atoms with van der Waals surface area (Å²) in [4.78, 5) is 25.8. The molecule has 1 aliphatic rings. The summed E-state index contributed by atoms with van der Waals surface area (Å²) in [6.45, 7) is 0. The van der Waals surface area contributed by atoms with Crippen LogP contribution in [0, 0.1) is 5.82 Å². The van der Waals surface area contributed by atoms with Gasteiger partial charge in [0.2, 0.25) is 0 Å². The number of methoxy groups -OCH3 is 1. The number of hydrogen-bond donors (Lipinski definition) is 0. The second-order valence-corrected chi connectivity index (χ2v) is 4.72. The molecular formula is C17H12FNO3. The molecule has 0 N–H and O–H groups in total. The summed E-state index contributed by atoms with van der Waals surface area (Å²) in [5.41, 5.74) is 1.11. The van der Waals surface area contributed by atoms with Crippen LogP contribution < -0.4 is 9.64 Å². The Bertz CT molecular complexity index is 781. The molecule has 5 heteroatoms. The van der Waals surface area contributed by atoms with E-state index >= 15 is 0 Å². The summed E-state index contributed by atoms with van der Waals surface area (Å²) < 4.78 is 18.2. The van der Waals surface area contributed by atoms with Gasteiger partial charge in [-0.1, -0.05) is 24.3 Å². The third kappa shape index (κ3) is 2.26. The zero-order valence-electron chi connectivity index (χ0n) is 11.7. The third-order valence-electron chi connectivity index (χ3n) is 3.40. The predicted molar refractivity (Wildman–Crippen MR) is 79.9 cm³/mol. The number of carbonyl (C=O) groups excluding carboxylic acids is 2. The molecule has 0 fully saturated rings. The Morgan fingerprint density at radius 1 is 1.00 bits per heavy atom. The number of ether oxygens (including phenoxy) is 1. The molecule has 0 spiro atoms. The van der Waals surface area contributed by atoms with Crippen LogP contribution in [-0.2, 0) is 9.59 Å². The number of rotatable bonds is 3. The molecule has 2 aromatic rings. The normalized spacial score (nSPS) is 14.3.